The van der Waals surface area contributed by atoms with Gasteiger partial charge in [-0.15, -0.1) is 0 Å². The molecule has 0 aromatic heterocycles. The van der Waals surface area contributed by atoms with Crippen molar-refractivity contribution in [2.45, 2.75) is 23.8 Å². The van der Waals surface area contributed by atoms with E-state index in [9.17, 15) is 18.5 Å². The highest BCUT2D eigenvalue weighted by Gasteiger charge is 2.25. The molecular weight excluding hydrogens is 306 g/mol. The highest BCUT2D eigenvalue weighted by molar-refractivity contribution is 7.89. The average molecular weight is 320 g/mol. The van der Waals surface area contributed by atoms with E-state index >= 15 is 0 Å². The fourth-order valence-electron chi connectivity index (χ4n) is 2.05. The van der Waals surface area contributed by atoms with Crippen LogP contribution in [0.4, 0.5) is 5.69 Å². The average Bonchev–Trinajstić information content (AvgIpc) is 2.39. The number of nitro benzene ring substituents is 1. The van der Waals surface area contributed by atoms with Crippen molar-refractivity contribution in [2.24, 2.45) is 0 Å². The van der Waals surface area contributed by atoms with E-state index in [2.05, 4.69) is 10.0 Å². The Bertz CT molecular complexity index is 614. The zero-order valence-electron chi connectivity index (χ0n) is 10.5. The minimum Gasteiger partial charge on any atom is -0.315 e. The van der Waals surface area contributed by atoms with Crippen LogP contribution in [0.1, 0.15) is 12.8 Å². The number of hydrogen-bond donors (Lipinski definition) is 2. The van der Waals surface area contributed by atoms with E-state index in [0.29, 0.717) is 6.54 Å². The van der Waals surface area contributed by atoms with Gasteiger partial charge in [0, 0.05) is 24.7 Å². The molecule has 1 aromatic rings. The molecule has 1 heterocycles. The van der Waals surface area contributed by atoms with Gasteiger partial charge in [-0.25, -0.2) is 13.1 Å². The Hall–Kier alpha value is -1.22. The number of rotatable bonds is 4. The quantitative estimate of drug-likeness (QED) is 0.643. The molecule has 1 aliphatic rings. The molecule has 1 saturated heterocycles. The van der Waals surface area contributed by atoms with Gasteiger partial charge in [-0.1, -0.05) is 11.6 Å². The van der Waals surface area contributed by atoms with Crippen molar-refractivity contribution in [3.63, 3.8) is 0 Å². The summed E-state index contributed by atoms with van der Waals surface area (Å²) >= 11 is 5.85. The molecule has 7 nitrogen and oxygen atoms in total. The molecular formula is C11H14ClN3O4S. The standard InChI is InChI=1S/C11H14ClN3O4S/c12-10-4-3-9(15(16)17)6-11(10)20(18,19)14-8-2-1-5-13-7-8/h3-4,6,8,13-14H,1-2,5,7H2/t8-/m0/s1. The number of hydrogen-bond acceptors (Lipinski definition) is 5. The van der Waals surface area contributed by atoms with Crippen LogP contribution in [0.2, 0.25) is 5.02 Å². The van der Waals surface area contributed by atoms with E-state index in [1.165, 1.54) is 12.1 Å². The Labute approximate surface area is 121 Å². The minimum absolute atomic E-state index is 0.0353. The topological polar surface area (TPSA) is 101 Å². The maximum Gasteiger partial charge on any atom is 0.270 e. The van der Waals surface area contributed by atoms with E-state index in [4.69, 9.17) is 11.6 Å². The molecule has 0 amide bonds. The molecule has 1 aromatic carbocycles. The lowest BCUT2D eigenvalue weighted by molar-refractivity contribution is -0.385. The van der Waals surface area contributed by atoms with Crippen molar-refractivity contribution in [3.05, 3.63) is 33.3 Å². The van der Waals surface area contributed by atoms with Gasteiger partial charge in [-0.2, -0.15) is 0 Å². The lowest BCUT2D eigenvalue weighted by Crippen LogP contribution is -2.45. The van der Waals surface area contributed by atoms with Gasteiger partial charge in [0.25, 0.3) is 5.69 Å². The zero-order chi connectivity index (χ0) is 14.8. The lowest BCUT2D eigenvalue weighted by atomic mass is 10.1. The van der Waals surface area contributed by atoms with E-state index in [1.54, 1.807) is 0 Å². The van der Waals surface area contributed by atoms with E-state index in [1.807, 2.05) is 0 Å². The molecule has 9 heteroatoms. The molecule has 2 N–H and O–H groups in total. The Morgan fingerprint density at radius 2 is 2.20 bits per heavy atom. The van der Waals surface area contributed by atoms with Crippen molar-refractivity contribution in [1.29, 1.82) is 0 Å². The van der Waals surface area contributed by atoms with Crippen LogP contribution in [0.25, 0.3) is 0 Å². The third kappa shape index (κ3) is 3.45. The summed E-state index contributed by atoms with van der Waals surface area (Å²) in [5.41, 5.74) is -0.309. The number of halogens is 1. The third-order valence-corrected chi connectivity index (χ3v) is 5.04. The Morgan fingerprint density at radius 3 is 2.80 bits per heavy atom. The number of non-ortho nitro benzene ring substituents is 1. The number of piperidine rings is 1. The molecule has 20 heavy (non-hydrogen) atoms. The predicted octanol–water partition coefficient (Wildman–Crippen LogP) is 1.28. The van der Waals surface area contributed by atoms with Crippen molar-refractivity contribution >= 4 is 27.3 Å². The van der Waals surface area contributed by atoms with Gasteiger partial charge in [-0.05, 0) is 25.5 Å². The fraction of sp³-hybridized carbons (Fsp3) is 0.455. The van der Waals surface area contributed by atoms with Gasteiger partial charge in [0.05, 0.1) is 9.95 Å². The Kier molecular flexibility index (Phi) is 4.59. The molecule has 2 rings (SSSR count). The number of nitrogens with zero attached hydrogens (tertiary/aromatic N) is 1. The number of nitrogens with one attached hydrogen (secondary N) is 2. The van der Waals surface area contributed by atoms with Crippen LogP contribution in [0, 0.1) is 10.1 Å². The smallest absolute Gasteiger partial charge is 0.270 e. The second-order valence-corrected chi connectivity index (χ2v) is 6.63. The molecule has 1 atom stereocenters. The molecule has 1 aliphatic heterocycles. The molecule has 0 unspecified atom stereocenters. The van der Waals surface area contributed by atoms with Crippen LogP contribution in [0.3, 0.4) is 0 Å². The summed E-state index contributed by atoms with van der Waals surface area (Å²) in [6, 6.07) is 3.13. The first-order valence-corrected chi connectivity index (χ1v) is 7.93. The zero-order valence-corrected chi connectivity index (χ0v) is 12.1. The van der Waals surface area contributed by atoms with E-state index in [0.717, 1.165) is 25.5 Å². The summed E-state index contributed by atoms with van der Waals surface area (Å²) in [6.07, 6.45) is 1.59. The molecule has 110 valence electrons. The molecule has 0 radical (unpaired) electrons. The van der Waals surface area contributed by atoms with Gasteiger partial charge in [0.1, 0.15) is 4.90 Å². The monoisotopic (exact) mass is 319 g/mol. The van der Waals surface area contributed by atoms with Crippen molar-refractivity contribution in [3.8, 4) is 0 Å². The second-order valence-electron chi connectivity index (χ2n) is 4.54. The molecule has 1 fully saturated rings. The first-order chi connectivity index (χ1) is 9.40. The number of nitro groups is 1. The van der Waals surface area contributed by atoms with E-state index < -0.39 is 14.9 Å². The molecule has 0 spiro atoms. The van der Waals surface area contributed by atoms with Crippen LogP contribution >= 0.6 is 11.6 Å². The van der Waals surface area contributed by atoms with Gasteiger partial charge >= 0.3 is 0 Å². The van der Waals surface area contributed by atoms with Crippen LogP contribution in [0.15, 0.2) is 23.1 Å². The van der Waals surface area contributed by atoms with Crippen LogP contribution in [-0.2, 0) is 10.0 Å². The summed E-state index contributed by atoms with van der Waals surface area (Å²) in [5.74, 6) is 0. The van der Waals surface area contributed by atoms with Crippen LogP contribution in [0.5, 0.6) is 0 Å². The third-order valence-electron chi connectivity index (χ3n) is 3.03. The van der Waals surface area contributed by atoms with E-state index in [-0.39, 0.29) is 21.6 Å². The molecule has 0 bridgehead atoms. The SMILES string of the molecule is O=[N+]([O-])c1ccc(Cl)c(S(=O)(=O)N[C@H]2CCCNC2)c1. The van der Waals surface area contributed by atoms with Gasteiger partial charge in [-0.3, -0.25) is 10.1 Å². The van der Waals surface area contributed by atoms with Gasteiger partial charge in [0.2, 0.25) is 10.0 Å². The minimum atomic E-state index is -3.87. The number of benzene rings is 1. The van der Waals surface area contributed by atoms with Crippen molar-refractivity contribution < 1.29 is 13.3 Å². The summed E-state index contributed by atoms with van der Waals surface area (Å²) < 4.78 is 27.0. The highest BCUT2D eigenvalue weighted by atomic mass is 35.5. The van der Waals surface area contributed by atoms with Crippen molar-refractivity contribution in [1.82, 2.24) is 10.0 Å². The predicted molar refractivity (Wildman–Crippen MR) is 74.3 cm³/mol. The first-order valence-electron chi connectivity index (χ1n) is 6.07. The van der Waals surface area contributed by atoms with Crippen molar-refractivity contribution in [2.75, 3.05) is 13.1 Å². The first kappa shape index (κ1) is 15.2. The lowest BCUT2D eigenvalue weighted by Gasteiger charge is -2.23. The van der Waals surface area contributed by atoms with Crippen LogP contribution < -0.4 is 10.0 Å². The highest BCUT2D eigenvalue weighted by Crippen LogP contribution is 2.26. The summed E-state index contributed by atoms with van der Waals surface area (Å²) in [6.45, 7) is 1.39. The fourth-order valence-corrected chi connectivity index (χ4v) is 3.84. The maximum atomic E-state index is 12.3. The Morgan fingerprint density at radius 1 is 1.45 bits per heavy atom. The normalized spacial score (nSPS) is 19.8. The maximum absolute atomic E-state index is 12.3. The molecule has 0 aliphatic carbocycles. The number of sulfonamides is 1. The largest absolute Gasteiger partial charge is 0.315 e. The van der Waals surface area contributed by atoms with Gasteiger partial charge < -0.3 is 5.32 Å². The summed E-state index contributed by atoms with van der Waals surface area (Å²) in [4.78, 5) is 9.80. The molecule has 0 saturated carbocycles. The summed E-state index contributed by atoms with van der Waals surface area (Å²) in [5, 5.41) is 13.8. The van der Waals surface area contributed by atoms with Gasteiger partial charge in [0.15, 0.2) is 0 Å². The van der Waals surface area contributed by atoms with Crippen LogP contribution in [-0.4, -0.2) is 32.5 Å². The second kappa shape index (κ2) is 6.04. The Balaban J connectivity index is 2.28. The summed E-state index contributed by atoms with van der Waals surface area (Å²) in [7, 11) is -3.87.